The molecular formula is C44H62N6S2+2. The van der Waals surface area contributed by atoms with Gasteiger partial charge in [-0.3, -0.25) is 0 Å². The molecule has 0 fully saturated rings. The van der Waals surface area contributed by atoms with Crippen LogP contribution in [-0.2, 0) is 13.1 Å². The Morgan fingerprint density at radius 3 is 1.08 bits per heavy atom. The third kappa shape index (κ3) is 16.0. The summed E-state index contributed by atoms with van der Waals surface area (Å²) in [5.41, 5.74) is 7.35. The lowest BCUT2D eigenvalue weighted by molar-refractivity contribution is -0.697. The van der Waals surface area contributed by atoms with Crippen molar-refractivity contribution in [3.8, 4) is 0 Å². The highest BCUT2D eigenvalue weighted by molar-refractivity contribution is 8.76. The molecule has 52 heavy (non-hydrogen) atoms. The first-order valence-corrected chi connectivity index (χ1v) is 21.2. The SMILES string of the molecule is CN(CCCC[n+]1ccc(/C=C/c2ccc(N(C)C)cc2)cc1)CCSSCCN(C)CCCC[n+]1ccc(/C=C/c2ccc(N(C)C)cc2)cc1. The van der Waals surface area contributed by atoms with Crippen LogP contribution in [0.4, 0.5) is 11.4 Å². The van der Waals surface area contributed by atoms with Gasteiger partial charge in [0.15, 0.2) is 24.8 Å². The van der Waals surface area contributed by atoms with Crippen molar-refractivity contribution in [1.29, 1.82) is 0 Å². The van der Waals surface area contributed by atoms with Crippen LogP contribution in [0.5, 0.6) is 0 Å². The van der Waals surface area contributed by atoms with Crippen LogP contribution < -0.4 is 18.9 Å². The van der Waals surface area contributed by atoms with E-state index in [1.165, 1.54) is 70.8 Å². The molecule has 0 aliphatic heterocycles. The summed E-state index contributed by atoms with van der Waals surface area (Å²) in [5, 5.41) is 0. The van der Waals surface area contributed by atoms with Crippen molar-refractivity contribution in [2.75, 3.05) is 89.8 Å². The predicted molar refractivity (Wildman–Crippen MR) is 231 cm³/mol. The van der Waals surface area contributed by atoms with E-state index in [1.54, 1.807) is 0 Å². The monoisotopic (exact) mass is 738 g/mol. The second-order valence-electron chi connectivity index (χ2n) is 14.0. The van der Waals surface area contributed by atoms with Crippen molar-refractivity contribution in [3.63, 3.8) is 0 Å². The average molecular weight is 739 g/mol. The molecule has 0 bridgehead atoms. The lowest BCUT2D eigenvalue weighted by atomic mass is 10.1. The average Bonchev–Trinajstić information content (AvgIpc) is 3.16. The largest absolute Gasteiger partial charge is 0.378 e. The molecule has 2 aromatic heterocycles. The smallest absolute Gasteiger partial charge is 0.169 e. The summed E-state index contributed by atoms with van der Waals surface area (Å²) < 4.78 is 4.60. The van der Waals surface area contributed by atoms with Gasteiger partial charge in [-0.05, 0) is 86.5 Å². The minimum absolute atomic E-state index is 1.07. The van der Waals surface area contributed by atoms with Gasteiger partial charge in [0.25, 0.3) is 0 Å². The van der Waals surface area contributed by atoms with Gasteiger partial charge in [0.2, 0.25) is 0 Å². The molecule has 0 saturated carbocycles. The number of rotatable bonds is 23. The molecule has 278 valence electrons. The maximum Gasteiger partial charge on any atom is 0.169 e. The number of aryl methyl sites for hydroxylation is 2. The Hall–Kier alpha value is -3.56. The zero-order chi connectivity index (χ0) is 37.0. The van der Waals surface area contributed by atoms with Crippen LogP contribution in [0.15, 0.2) is 97.6 Å². The molecule has 8 heteroatoms. The van der Waals surface area contributed by atoms with Crippen LogP contribution in [0, 0.1) is 0 Å². The molecule has 0 atom stereocenters. The van der Waals surface area contributed by atoms with E-state index in [0.717, 1.165) is 39.3 Å². The maximum atomic E-state index is 2.48. The normalized spacial score (nSPS) is 11.8. The molecule has 0 radical (unpaired) electrons. The Balaban J connectivity index is 0.965. The molecule has 0 unspecified atom stereocenters. The molecule has 0 N–H and O–H groups in total. The van der Waals surface area contributed by atoms with E-state index in [4.69, 9.17) is 0 Å². The molecule has 0 amide bonds. The summed E-state index contributed by atoms with van der Waals surface area (Å²) in [5.74, 6) is 2.37. The summed E-state index contributed by atoms with van der Waals surface area (Å²) in [6.45, 7) is 6.76. The standard InChI is InChI=1S/C44H62N6S2/c1-45(2)43-19-15-39(16-20-43)11-13-41-23-31-49(32-24-41)29-9-7-27-47(5)35-37-51-52-38-36-48(6)28-8-10-30-50-33-25-42(26-34-50)14-12-40-17-21-44(22-18-40)46(3)4/h11-26,31-34H,7-10,27-30,35-38H2,1-6H3/q+2. The predicted octanol–water partition coefficient (Wildman–Crippen LogP) is 8.24. The Kier molecular flexibility index (Phi) is 18.4. The van der Waals surface area contributed by atoms with Gasteiger partial charge in [0, 0.05) is 101 Å². The molecule has 0 spiro atoms. The Morgan fingerprint density at radius 1 is 0.423 bits per heavy atom. The first kappa shape index (κ1) is 41.2. The van der Waals surface area contributed by atoms with Gasteiger partial charge < -0.3 is 19.6 Å². The number of pyridine rings is 2. The molecule has 4 rings (SSSR count). The van der Waals surface area contributed by atoms with Crippen LogP contribution in [0.3, 0.4) is 0 Å². The van der Waals surface area contributed by atoms with E-state index < -0.39 is 0 Å². The molecule has 0 saturated heterocycles. The van der Waals surface area contributed by atoms with Crippen molar-refractivity contribution in [2.45, 2.75) is 38.8 Å². The van der Waals surface area contributed by atoms with E-state index >= 15 is 0 Å². The number of nitrogens with zero attached hydrogens (tertiary/aromatic N) is 6. The fraction of sp³-hybridized carbons (Fsp3) is 0.409. The summed E-state index contributed by atoms with van der Waals surface area (Å²) in [6, 6.07) is 26.1. The summed E-state index contributed by atoms with van der Waals surface area (Å²) in [6.07, 6.45) is 22.4. The van der Waals surface area contributed by atoms with Gasteiger partial charge in [-0.1, -0.05) is 70.2 Å². The van der Waals surface area contributed by atoms with Crippen molar-refractivity contribution in [1.82, 2.24) is 9.80 Å². The molecule has 2 heterocycles. The molecule has 0 aliphatic rings. The van der Waals surface area contributed by atoms with E-state index in [-0.39, 0.29) is 0 Å². The fourth-order valence-electron chi connectivity index (χ4n) is 5.69. The van der Waals surface area contributed by atoms with Gasteiger partial charge in [-0.15, -0.1) is 0 Å². The minimum atomic E-state index is 1.07. The second kappa shape index (κ2) is 23.2. The van der Waals surface area contributed by atoms with Crippen LogP contribution in [0.2, 0.25) is 0 Å². The topological polar surface area (TPSA) is 20.7 Å². The minimum Gasteiger partial charge on any atom is -0.378 e. The Labute approximate surface area is 323 Å². The molecule has 0 aliphatic carbocycles. The number of unbranched alkanes of at least 4 members (excludes halogenated alkanes) is 2. The van der Waals surface area contributed by atoms with Crippen molar-refractivity contribution in [2.24, 2.45) is 0 Å². The summed E-state index contributed by atoms with van der Waals surface area (Å²) in [7, 11) is 16.8. The number of aromatic nitrogens is 2. The highest BCUT2D eigenvalue weighted by Gasteiger charge is 2.05. The van der Waals surface area contributed by atoms with Gasteiger partial charge in [0.1, 0.15) is 13.1 Å². The Bertz CT molecular complexity index is 1480. The van der Waals surface area contributed by atoms with Crippen LogP contribution in [0.1, 0.15) is 47.9 Å². The van der Waals surface area contributed by atoms with Gasteiger partial charge in [0.05, 0.1) is 0 Å². The van der Waals surface area contributed by atoms with Crippen LogP contribution >= 0.6 is 21.6 Å². The molecule has 6 nitrogen and oxygen atoms in total. The summed E-state index contributed by atoms with van der Waals surface area (Å²) in [4.78, 5) is 9.21. The number of anilines is 2. The molecule has 4 aromatic rings. The molecule has 2 aromatic carbocycles. The van der Waals surface area contributed by atoms with E-state index in [0.29, 0.717) is 0 Å². The lowest BCUT2D eigenvalue weighted by Crippen LogP contribution is -2.33. The fourth-order valence-corrected chi connectivity index (χ4v) is 7.85. The van der Waals surface area contributed by atoms with E-state index in [9.17, 15) is 0 Å². The third-order valence-corrected chi connectivity index (χ3v) is 11.6. The van der Waals surface area contributed by atoms with E-state index in [1.807, 2.05) is 21.6 Å². The van der Waals surface area contributed by atoms with Crippen LogP contribution in [-0.4, -0.2) is 89.8 Å². The Morgan fingerprint density at radius 2 is 0.750 bits per heavy atom. The van der Waals surface area contributed by atoms with Gasteiger partial charge in [-0.25, -0.2) is 9.13 Å². The van der Waals surface area contributed by atoms with Gasteiger partial charge >= 0.3 is 0 Å². The molecular weight excluding hydrogens is 677 g/mol. The lowest BCUT2D eigenvalue weighted by Gasteiger charge is -2.17. The number of hydrogen-bond donors (Lipinski definition) is 0. The highest BCUT2D eigenvalue weighted by atomic mass is 33.1. The maximum absolute atomic E-state index is 2.48. The zero-order valence-corrected chi connectivity index (χ0v) is 34.2. The third-order valence-electron chi connectivity index (χ3n) is 9.20. The van der Waals surface area contributed by atoms with E-state index in [2.05, 4.69) is 193 Å². The van der Waals surface area contributed by atoms with Crippen molar-refractivity contribution < 1.29 is 9.13 Å². The summed E-state index contributed by atoms with van der Waals surface area (Å²) >= 11 is 0. The second-order valence-corrected chi connectivity index (χ2v) is 16.7. The quantitative estimate of drug-likeness (QED) is 0.0431. The zero-order valence-electron chi connectivity index (χ0n) is 32.5. The number of hydrogen-bond acceptors (Lipinski definition) is 6. The highest BCUT2D eigenvalue weighted by Crippen LogP contribution is 2.21. The number of benzene rings is 2. The first-order valence-electron chi connectivity index (χ1n) is 18.8. The van der Waals surface area contributed by atoms with Crippen molar-refractivity contribution in [3.05, 3.63) is 120 Å². The van der Waals surface area contributed by atoms with Crippen LogP contribution in [0.25, 0.3) is 24.3 Å². The van der Waals surface area contributed by atoms with Gasteiger partial charge in [-0.2, -0.15) is 0 Å². The van der Waals surface area contributed by atoms with Crippen molar-refractivity contribution >= 4 is 57.3 Å². The first-order chi connectivity index (χ1) is 25.2.